The molecule has 0 atom stereocenters. The molecule has 1 aromatic carbocycles. The third kappa shape index (κ3) is 3.45. The minimum Gasteiger partial charge on any atom is -0.474 e. The van der Waals surface area contributed by atoms with Crippen LogP contribution in [0.25, 0.3) is 0 Å². The monoisotopic (exact) mass is 352 g/mol. The van der Waals surface area contributed by atoms with E-state index in [4.69, 9.17) is 4.74 Å². The maximum absolute atomic E-state index is 9.69. The van der Waals surface area contributed by atoms with E-state index in [1.807, 2.05) is 18.2 Å². The van der Waals surface area contributed by atoms with Gasteiger partial charge in [-0.1, -0.05) is 23.4 Å². The highest BCUT2D eigenvalue weighted by molar-refractivity contribution is 6.00. The minimum atomic E-state index is 0.235. The van der Waals surface area contributed by atoms with E-state index in [0.717, 1.165) is 44.6 Å². The van der Waals surface area contributed by atoms with Crippen LogP contribution in [0, 0.1) is 0 Å². The molecule has 0 radical (unpaired) electrons. The smallest absolute Gasteiger partial charge is 0.224 e. The van der Waals surface area contributed by atoms with Gasteiger partial charge < -0.3 is 19.7 Å². The molecule has 6 heteroatoms. The molecule has 0 bridgehead atoms. The van der Waals surface area contributed by atoms with Crippen molar-refractivity contribution in [3.63, 3.8) is 0 Å². The van der Waals surface area contributed by atoms with Crippen LogP contribution in [-0.2, 0) is 0 Å². The number of anilines is 1. The van der Waals surface area contributed by atoms with Gasteiger partial charge in [0.05, 0.1) is 5.56 Å². The lowest BCUT2D eigenvalue weighted by molar-refractivity contribution is 0.114. The number of oxime groups is 1. The van der Waals surface area contributed by atoms with Crippen molar-refractivity contribution >= 4 is 11.5 Å². The Bertz CT molecular complexity index is 753. The third-order valence-electron chi connectivity index (χ3n) is 5.14. The number of hydrogen-bond acceptors (Lipinski definition) is 5. The summed E-state index contributed by atoms with van der Waals surface area (Å²) in [6.07, 6.45) is 5.29. The van der Waals surface area contributed by atoms with Crippen molar-refractivity contribution in [3.05, 3.63) is 54.2 Å². The van der Waals surface area contributed by atoms with Gasteiger partial charge in [-0.05, 0) is 43.5 Å². The predicted octanol–water partition coefficient (Wildman–Crippen LogP) is 2.97. The molecule has 1 N–H and O–H groups in total. The maximum atomic E-state index is 9.69. The number of benzene rings is 1. The molecule has 1 aromatic heterocycles. The van der Waals surface area contributed by atoms with Crippen LogP contribution in [0.2, 0.25) is 0 Å². The molecule has 0 amide bonds. The number of aromatic nitrogens is 1. The second-order valence-electron chi connectivity index (χ2n) is 6.76. The van der Waals surface area contributed by atoms with Gasteiger partial charge in [0.15, 0.2) is 5.84 Å². The number of amidine groups is 1. The Morgan fingerprint density at radius 2 is 1.81 bits per heavy atom. The first-order valence-corrected chi connectivity index (χ1v) is 9.24. The SMILES string of the molecule is O/N=C(/c1cccnc1OC1CCC1)N1CCN(c2ccccc2)CC1. The van der Waals surface area contributed by atoms with Crippen LogP contribution < -0.4 is 9.64 Å². The zero-order chi connectivity index (χ0) is 17.8. The molecule has 0 spiro atoms. The Morgan fingerprint density at radius 1 is 1.04 bits per heavy atom. The Kier molecular flexibility index (Phi) is 4.91. The molecule has 2 aromatic rings. The molecular formula is C20H24N4O2. The molecule has 2 fully saturated rings. The molecule has 0 unspecified atom stereocenters. The van der Waals surface area contributed by atoms with Crippen LogP contribution in [0.4, 0.5) is 5.69 Å². The molecule has 2 heterocycles. The second-order valence-corrected chi connectivity index (χ2v) is 6.76. The van der Waals surface area contributed by atoms with E-state index in [9.17, 15) is 5.21 Å². The van der Waals surface area contributed by atoms with E-state index in [0.29, 0.717) is 11.7 Å². The first kappa shape index (κ1) is 16.7. The fourth-order valence-electron chi connectivity index (χ4n) is 3.40. The molecule has 26 heavy (non-hydrogen) atoms. The van der Waals surface area contributed by atoms with E-state index < -0.39 is 0 Å². The number of para-hydroxylation sites is 1. The fraction of sp³-hybridized carbons (Fsp3) is 0.400. The predicted molar refractivity (Wildman–Crippen MR) is 101 cm³/mol. The van der Waals surface area contributed by atoms with Crippen molar-refractivity contribution < 1.29 is 9.94 Å². The molecule has 6 nitrogen and oxygen atoms in total. The topological polar surface area (TPSA) is 61.2 Å². The van der Waals surface area contributed by atoms with Gasteiger partial charge in [-0.2, -0.15) is 0 Å². The van der Waals surface area contributed by atoms with Crippen LogP contribution in [0.3, 0.4) is 0 Å². The molecule has 1 aliphatic carbocycles. The molecule has 1 saturated heterocycles. The molecule has 1 saturated carbocycles. The molecule has 136 valence electrons. The molecule has 2 aliphatic rings. The highest BCUT2D eigenvalue weighted by atomic mass is 16.5. The number of hydrogen-bond donors (Lipinski definition) is 1. The first-order chi connectivity index (χ1) is 12.8. The normalized spacial score (nSPS) is 18.5. The fourth-order valence-corrected chi connectivity index (χ4v) is 3.40. The van der Waals surface area contributed by atoms with Gasteiger partial charge in [0.1, 0.15) is 6.10 Å². The second kappa shape index (κ2) is 7.64. The number of nitrogens with zero attached hydrogens (tertiary/aromatic N) is 4. The summed E-state index contributed by atoms with van der Waals surface area (Å²) >= 11 is 0. The lowest BCUT2D eigenvalue weighted by Crippen LogP contribution is -2.49. The van der Waals surface area contributed by atoms with Crippen molar-refractivity contribution in [2.75, 3.05) is 31.1 Å². The van der Waals surface area contributed by atoms with Crippen molar-refractivity contribution in [1.82, 2.24) is 9.88 Å². The average molecular weight is 352 g/mol. The Balaban J connectivity index is 1.47. The summed E-state index contributed by atoms with van der Waals surface area (Å²) in [6, 6.07) is 14.2. The lowest BCUT2D eigenvalue weighted by Gasteiger charge is -2.37. The number of pyridine rings is 1. The van der Waals surface area contributed by atoms with Gasteiger partial charge in [0, 0.05) is 38.1 Å². The van der Waals surface area contributed by atoms with E-state index in [1.54, 1.807) is 6.20 Å². The Hall–Kier alpha value is -2.76. The zero-order valence-corrected chi connectivity index (χ0v) is 14.8. The van der Waals surface area contributed by atoms with Crippen molar-refractivity contribution in [2.45, 2.75) is 25.4 Å². The summed E-state index contributed by atoms with van der Waals surface area (Å²) in [4.78, 5) is 8.82. The Morgan fingerprint density at radius 3 is 2.46 bits per heavy atom. The number of rotatable bonds is 4. The Labute approximate surface area is 153 Å². The largest absolute Gasteiger partial charge is 0.474 e. The summed E-state index contributed by atoms with van der Waals surface area (Å²) in [6.45, 7) is 3.32. The van der Waals surface area contributed by atoms with Gasteiger partial charge in [-0.15, -0.1) is 0 Å². The molecule has 4 rings (SSSR count). The van der Waals surface area contributed by atoms with E-state index in [-0.39, 0.29) is 6.10 Å². The van der Waals surface area contributed by atoms with Gasteiger partial charge in [0.2, 0.25) is 5.88 Å². The summed E-state index contributed by atoms with van der Waals surface area (Å²) < 4.78 is 6.01. The van der Waals surface area contributed by atoms with E-state index >= 15 is 0 Å². The van der Waals surface area contributed by atoms with Gasteiger partial charge in [-0.3, -0.25) is 0 Å². The highest BCUT2D eigenvalue weighted by Crippen LogP contribution is 2.27. The van der Waals surface area contributed by atoms with Gasteiger partial charge in [-0.25, -0.2) is 4.98 Å². The third-order valence-corrected chi connectivity index (χ3v) is 5.14. The van der Waals surface area contributed by atoms with Crippen molar-refractivity contribution in [2.24, 2.45) is 5.16 Å². The van der Waals surface area contributed by atoms with Crippen LogP contribution in [-0.4, -0.2) is 53.2 Å². The van der Waals surface area contributed by atoms with Gasteiger partial charge >= 0.3 is 0 Å². The van der Waals surface area contributed by atoms with Crippen molar-refractivity contribution in [1.29, 1.82) is 0 Å². The summed E-state index contributed by atoms with van der Waals surface area (Å²) in [7, 11) is 0. The van der Waals surface area contributed by atoms with E-state index in [1.165, 1.54) is 12.1 Å². The van der Waals surface area contributed by atoms with Gasteiger partial charge in [0.25, 0.3) is 0 Å². The van der Waals surface area contributed by atoms with Crippen LogP contribution in [0.15, 0.2) is 53.8 Å². The highest BCUT2D eigenvalue weighted by Gasteiger charge is 2.26. The first-order valence-electron chi connectivity index (χ1n) is 9.24. The minimum absolute atomic E-state index is 0.235. The quantitative estimate of drug-likeness (QED) is 0.397. The molecule has 1 aliphatic heterocycles. The maximum Gasteiger partial charge on any atom is 0.224 e. The number of piperazine rings is 1. The molecular weight excluding hydrogens is 328 g/mol. The lowest BCUT2D eigenvalue weighted by atomic mass is 9.96. The van der Waals surface area contributed by atoms with Crippen LogP contribution in [0.1, 0.15) is 24.8 Å². The summed E-state index contributed by atoms with van der Waals surface area (Å²) in [5.74, 6) is 1.11. The van der Waals surface area contributed by atoms with Crippen LogP contribution >= 0.6 is 0 Å². The van der Waals surface area contributed by atoms with Crippen molar-refractivity contribution in [3.8, 4) is 5.88 Å². The summed E-state index contributed by atoms with van der Waals surface area (Å²) in [5.41, 5.74) is 1.99. The number of ether oxygens (including phenoxy) is 1. The van der Waals surface area contributed by atoms with Crippen LogP contribution in [0.5, 0.6) is 5.88 Å². The standard InChI is InChI=1S/C20H24N4O2/c25-22-19(18-10-5-11-21-20(18)26-17-8-4-9-17)24-14-12-23(13-15-24)16-6-2-1-3-7-16/h1-3,5-7,10-11,17,25H,4,8-9,12-15H2/b22-19-. The zero-order valence-electron chi connectivity index (χ0n) is 14.8. The van der Waals surface area contributed by atoms with E-state index in [2.05, 4.69) is 44.2 Å². The average Bonchev–Trinajstić information content (AvgIpc) is 2.67. The summed E-state index contributed by atoms with van der Waals surface area (Å²) in [5, 5.41) is 13.3.